The molecule has 43 heavy (non-hydrogen) atoms. The van der Waals surface area contributed by atoms with Gasteiger partial charge in [0.05, 0.1) is 12.6 Å². The summed E-state index contributed by atoms with van der Waals surface area (Å²) in [6.07, 6.45) is 13.5. The maximum absolute atomic E-state index is 13.4. The molecule has 6 nitrogen and oxygen atoms in total. The van der Waals surface area contributed by atoms with Gasteiger partial charge in [0.15, 0.2) is 0 Å². The van der Waals surface area contributed by atoms with Crippen molar-refractivity contribution >= 4 is 17.8 Å². The lowest BCUT2D eigenvalue weighted by Gasteiger charge is -2.71. The van der Waals surface area contributed by atoms with Crippen LogP contribution in [0, 0.1) is 51.2 Å². The summed E-state index contributed by atoms with van der Waals surface area (Å²) in [5.41, 5.74) is 1.90. The molecule has 0 bridgehead atoms. The largest absolute Gasteiger partial charge is 0.469 e. The highest BCUT2D eigenvalue weighted by Gasteiger charge is 2.69. The molecule has 0 aromatic rings. The Balaban J connectivity index is 1.47. The average molecular weight is 598 g/mol. The fraction of sp³-hybridized carbons (Fsp3) is 0.865. The summed E-state index contributed by atoms with van der Waals surface area (Å²) in [5, 5.41) is 3.41. The van der Waals surface area contributed by atoms with Crippen molar-refractivity contribution in [3.8, 4) is 0 Å². The van der Waals surface area contributed by atoms with Crippen molar-refractivity contribution in [2.75, 3.05) is 7.11 Å². The summed E-state index contributed by atoms with van der Waals surface area (Å²) >= 11 is 0. The zero-order chi connectivity index (χ0) is 31.6. The predicted octanol–water partition coefficient (Wildman–Crippen LogP) is 7.79. The van der Waals surface area contributed by atoms with Crippen LogP contribution in [-0.2, 0) is 23.9 Å². The number of nitrogens with one attached hydrogen (secondary N) is 1. The van der Waals surface area contributed by atoms with E-state index in [4.69, 9.17) is 9.47 Å². The Morgan fingerprint density at radius 3 is 2.30 bits per heavy atom. The van der Waals surface area contributed by atoms with Crippen molar-refractivity contribution in [2.45, 2.75) is 144 Å². The summed E-state index contributed by atoms with van der Waals surface area (Å²) in [5.74, 6) is 2.19. The second-order valence-electron chi connectivity index (χ2n) is 16.7. The number of rotatable bonds is 6. The first-order valence-electron chi connectivity index (χ1n) is 17.3. The maximum atomic E-state index is 13.4. The Bertz CT molecular complexity index is 1160. The molecule has 1 N–H and O–H groups in total. The molecular weight excluding hydrogens is 538 g/mol. The predicted molar refractivity (Wildman–Crippen MR) is 169 cm³/mol. The third-order valence-corrected chi connectivity index (χ3v) is 14.7. The van der Waals surface area contributed by atoms with Crippen molar-refractivity contribution < 1.29 is 23.9 Å². The number of hydrogen-bond acceptors (Lipinski definition) is 5. The molecule has 5 rings (SSSR count). The molecule has 4 fully saturated rings. The van der Waals surface area contributed by atoms with E-state index in [0.717, 1.165) is 38.0 Å². The quantitative estimate of drug-likeness (QED) is 0.250. The molecule has 4 saturated carbocycles. The average Bonchev–Trinajstić information content (AvgIpc) is 2.93. The fourth-order valence-corrected chi connectivity index (χ4v) is 11.9. The van der Waals surface area contributed by atoms with Crippen molar-refractivity contribution in [1.29, 1.82) is 0 Å². The Kier molecular flexibility index (Phi) is 8.47. The number of fused-ring (bicyclic) bond motifs is 7. The third-order valence-electron chi connectivity index (χ3n) is 14.7. The first kappa shape index (κ1) is 32.5. The van der Waals surface area contributed by atoms with Gasteiger partial charge in [-0.3, -0.25) is 14.4 Å². The zero-order valence-corrected chi connectivity index (χ0v) is 28.6. The number of ether oxygens (including phenoxy) is 2. The van der Waals surface area contributed by atoms with Gasteiger partial charge in [0, 0.05) is 19.8 Å². The highest BCUT2D eigenvalue weighted by atomic mass is 16.5. The normalized spacial score (nSPS) is 47.0. The molecule has 242 valence electrons. The van der Waals surface area contributed by atoms with Gasteiger partial charge in [0.2, 0.25) is 5.91 Å². The number of allylic oxidation sites excluding steroid dienone is 2. The molecule has 0 aliphatic heterocycles. The third kappa shape index (κ3) is 5.00. The van der Waals surface area contributed by atoms with Gasteiger partial charge >= 0.3 is 11.9 Å². The van der Waals surface area contributed by atoms with Gasteiger partial charge in [-0.1, -0.05) is 53.2 Å². The van der Waals surface area contributed by atoms with E-state index in [1.165, 1.54) is 39.7 Å². The summed E-state index contributed by atoms with van der Waals surface area (Å²) in [6, 6.07) is 0. The lowest BCUT2D eigenvalue weighted by Crippen LogP contribution is -2.71. The van der Waals surface area contributed by atoms with Gasteiger partial charge in [-0.25, -0.2) is 0 Å². The van der Waals surface area contributed by atoms with Crippen LogP contribution in [0.1, 0.15) is 132 Å². The number of methoxy groups -OCH3 is 1. The van der Waals surface area contributed by atoms with Crippen molar-refractivity contribution in [3.05, 3.63) is 11.6 Å². The lowest BCUT2D eigenvalue weighted by molar-refractivity contribution is -0.202. The summed E-state index contributed by atoms with van der Waals surface area (Å²) in [4.78, 5) is 37.3. The summed E-state index contributed by atoms with van der Waals surface area (Å²) < 4.78 is 10.7. The van der Waals surface area contributed by atoms with Crippen LogP contribution in [0.5, 0.6) is 0 Å². The molecule has 0 heterocycles. The lowest BCUT2D eigenvalue weighted by atomic mass is 9.34. The van der Waals surface area contributed by atoms with Crippen molar-refractivity contribution in [3.63, 3.8) is 0 Å². The molecule has 5 aliphatic rings. The van der Waals surface area contributed by atoms with E-state index in [1.54, 1.807) is 5.57 Å². The van der Waals surface area contributed by atoms with E-state index in [0.29, 0.717) is 29.6 Å². The van der Waals surface area contributed by atoms with Gasteiger partial charge in [0.25, 0.3) is 0 Å². The van der Waals surface area contributed by atoms with Gasteiger partial charge in [-0.05, 0) is 122 Å². The Morgan fingerprint density at radius 2 is 1.63 bits per heavy atom. The fourth-order valence-electron chi connectivity index (χ4n) is 11.9. The minimum Gasteiger partial charge on any atom is -0.469 e. The second-order valence-corrected chi connectivity index (χ2v) is 16.7. The van der Waals surface area contributed by atoms with Crippen LogP contribution >= 0.6 is 0 Å². The van der Waals surface area contributed by atoms with Crippen LogP contribution in [0.2, 0.25) is 0 Å². The molecule has 5 aliphatic carbocycles. The van der Waals surface area contributed by atoms with Crippen LogP contribution in [0.15, 0.2) is 11.6 Å². The number of carbonyl (C=O) groups excluding carboxylic acids is 3. The van der Waals surface area contributed by atoms with Crippen LogP contribution in [0.4, 0.5) is 0 Å². The molecule has 0 aromatic carbocycles. The smallest absolute Gasteiger partial charge is 0.305 e. The molecule has 6 heteroatoms. The minimum atomic E-state index is -0.661. The monoisotopic (exact) mass is 597 g/mol. The molecular formula is C37H59NO5. The number of hydrogen-bond donors (Lipinski definition) is 1. The van der Waals surface area contributed by atoms with Crippen LogP contribution in [0.25, 0.3) is 0 Å². The summed E-state index contributed by atoms with van der Waals surface area (Å²) in [6.45, 7) is 18.9. The Hall–Kier alpha value is -1.85. The van der Waals surface area contributed by atoms with Gasteiger partial charge in [-0.15, -0.1) is 0 Å². The number of esters is 2. The van der Waals surface area contributed by atoms with Crippen molar-refractivity contribution in [1.82, 2.24) is 5.32 Å². The van der Waals surface area contributed by atoms with E-state index in [1.807, 2.05) is 0 Å². The first-order chi connectivity index (χ1) is 20.1. The topological polar surface area (TPSA) is 81.7 Å². The Labute approximate surface area is 260 Å². The summed E-state index contributed by atoms with van der Waals surface area (Å²) in [7, 11) is 1.37. The SMILES string of the molecule is COC(=O)CCCC(=O)N[C@]1(C)[C@@H]2CC[C@]3(C)[C@H](CC=C4[C@@H]5[C@@H](C)[C@H](C)CC[C@]5(C)CC[C@]43C)[C@@]2(C)CC[C@H]1OC(C)=O. The number of amides is 1. The van der Waals surface area contributed by atoms with E-state index in [9.17, 15) is 14.4 Å². The number of carbonyl (C=O) groups is 3. The molecule has 0 spiro atoms. The zero-order valence-electron chi connectivity index (χ0n) is 28.6. The highest BCUT2D eigenvalue weighted by molar-refractivity contribution is 5.78. The van der Waals surface area contributed by atoms with Gasteiger partial charge in [0.1, 0.15) is 6.10 Å². The second kappa shape index (κ2) is 11.2. The van der Waals surface area contributed by atoms with Crippen LogP contribution in [-0.4, -0.2) is 36.6 Å². The van der Waals surface area contributed by atoms with E-state index in [-0.39, 0.29) is 59.0 Å². The Morgan fingerprint density at radius 1 is 0.907 bits per heavy atom. The standard InChI is InChI=1S/C37H59NO5/c1-23-15-18-33(4)21-22-35(6)26(32(33)24(23)2)13-14-27-34(5)19-17-29(43-25(3)39)37(8,28(34)16-20-36(27,35)7)38-30(40)11-10-12-31(41)42-9/h13,23-24,27-29,32H,10-12,14-22H2,1-9H3,(H,38,40)/t23-,24+,27-,28-,29-,32+,33-,34-,35-,36-,37-/m1/s1. The van der Waals surface area contributed by atoms with E-state index < -0.39 is 5.54 Å². The molecule has 1 amide bonds. The first-order valence-corrected chi connectivity index (χ1v) is 17.3. The molecule has 0 unspecified atom stereocenters. The van der Waals surface area contributed by atoms with Gasteiger partial charge < -0.3 is 14.8 Å². The van der Waals surface area contributed by atoms with E-state index >= 15 is 0 Å². The highest BCUT2D eigenvalue weighted by Crippen LogP contribution is 2.75. The minimum absolute atomic E-state index is 0.00889. The van der Waals surface area contributed by atoms with Gasteiger partial charge in [-0.2, -0.15) is 0 Å². The maximum Gasteiger partial charge on any atom is 0.305 e. The van der Waals surface area contributed by atoms with Crippen molar-refractivity contribution in [2.24, 2.45) is 51.2 Å². The van der Waals surface area contributed by atoms with Crippen LogP contribution < -0.4 is 5.32 Å². The molecule has 0 saturated heterocycles. The molecule has 0 radical (unpaired) electrons. The molecule has 11 atom stereocenters. The van der Waals surface area contributed by atoms with E-state index in [2.05, 4.69) is 59.9 Å². The molecule has 0 aromatic heterocycles. The van der Waals surface area contributed by atoms with Crippen LogP contribution in [0.3, 0.4) is 0 Å².